The van der Waals surface area contributed by atoms with Gasteiger partial charge in [0.15, 0.2) is 5.11 Å². The number of esters is 1. The fourth-order valence-electron chi connectivity index (χ4n) is 4.36. The Hall–Kier alpha value is -2.38. The van der Waals surface area contributed by atoms with Crippen LogP contribution in [0.25, 0.3) is 0 Å². The van der Waals surface area contributed by atoms with Crippen LogP contribution in [0, 0.1) is 0 Å². The third kappa shape index (κ3) is 3.76. The van der Waals surface area contributed by atoms with Crippen molar-refractivity contribution in [2.75, 3.05) is 18.5 Å². The van der Waals surface area contributed by atoms with E-state index in [0.29, 0.717) is 5.11 Å². The van der Waals surface area contributed by atoms with Crippen LogP contribution in [0.3, 0.4) is 0 Å². The number of carbonyl (C=O) groups is 1. The van der Waals surface area contributed by atoms with E-state index in [9.17, 15) is 9.90 Å². The minimum absolute atomic E-state index is 0.118. The Balaban J connectivity index is 1.51. The monoisotopic (exact) mass is 414 g/mol. The van der Waals surface area contributed by atoms with E-state index in [1.165, 1.54) is 28.5 Å². The van der Waals surface area contributed by atoms with Gasteiger partial charge in [0.1, 0.15) is 5.76 Å². The Kier molecular flexibility index (Phi) is 5.61. The zero-order chi connectivity index (χ0) is 20.4. The van der Waals surface area contributed by atoms with Gasteiger partial charge in [0, 0.05) is 5.69 Å². The summed E-state index contributed by atoms with van der Waals surface area (Å²) in [6.45, 7) is 1.70. The standard InChI is InChI=1S/C22H26N2O4S/c1-2-27-20(25)22(26,18-10-5-11-28-18)13-23-21(29)24-19-16-8-3-6-14(16)12-15-7-4-9-17(15)19/h5,10-12,26H,2-4,6-9,13H2,1H3,(H2,23,24,29). The van der Waals surface area contributed by atoms with Crippen LogP contribution in [0.2, 0.25) is 0 Å². The van der Waals surface area contributed by atoms with Gasteiger partial charge in [-0.25, -0.2) is 4.79 Å². The molecule has 0 saturated carbocycles. The lowest BCUT2D eigenvalue weighted by Crippen LogP contribution is -2.48. The summed E-state index contributed by atoms with van der Waals surface area (Å²) in [5, 5.41) is 17.7. The summed E-state index contributed by atoms with van der Waals surface area (Å²) < 4.78 is 10.3. The number of carbonyl (C=O) groups excluding carboxylic acids is 1. The molecule has 1 aromatic carbocycles. The van der Waals surface area contributed by atoms with E-state index in [0.717, 1.165) is 44.2 Å². The average Bonchev–Trinajstić information content (AvgIpc) is 3.46. The van der Waals surface area contributed by atoms with E-state index in [1.54, 1.807) is 19.1 Å². The van der Waals surface area contributed by atoms with Crippen molar-refractivity contribution >= 4 is 29.0 Å². The maximum absolute atomic E-state index is 12.4. The van der Waals surface area contributed by atoms with Crippen molar-refractivity contribution in [3.05, 3.63) is 52.5 Å². The third-order valence-electron chi connectivity index (χ3n) is 5.76. The van der Waals surface area contributed by atoms with Crippen molar-refractivity contribution in [3.8, 4) is 0 Å². The topological polar surface area (TPSA) is 83.7 Å². The molecule has 3 N–H and O–H groups in total. The quantitative estimate of drug-likeness (QED) is 0.495. The molecule has 0 radical (unpaired) electrons. The Labute approximate surface area is 175 Å². The van der Waals surface area contributed by atoms with Crippen LogP contribution < -0.4 is 10.6 Å². The molecule has 4 rings (SSSR count). The molecule has 0 fully saturated rings. The lowest BCUT2D eigenvalue weighted by Gasteiger charge is -2.25. The molecule has 2 aliphatic rings. The van der Waals surface area contributed by atoms with Crippen molar-refractivity contribution < 1.29 is 19.1 Å². The summed E-state index contributed by atoms with van der Waals surface area (Å²) in [5.74, 6) is -0.653. The highest BCUT2D eigenvalue weighted by Gasteiger charge is 2.42. The molecule has 2 aliphatic carbocycles. The second-order valence-corrected chi connectivity index (χ2v) is 8.01. The van der Waals surface area contributed by atoms with Gasteiger partial charge in [-0.3, -0.25) is 0 Å². The molecule has 1 heterocycles. The zero-order valence-corrected chi connectivity index (χ0v) is 17.4. The highest BCUT2D eigenvalue weighted by atomic mass is 32.1. The molecule has 7 heteroatoms. The number of thiocarbonyl (C=S) groups is 1. The summed E-state index contributed by atoms with van der Waals surface area (Å²) in [7, 11) is 0. The number of ether oxygens (including phenoxy) is 1. The summed E-state index contributed by atoms with van der Waals surface area (Å²) in [5.41, 5.74) is 4.68. The number of aliphatic hydroxyl groups is 1. The number of furan rings is 1. The molecule has 0 aliphatic heterocycles. The Bertz CT molecular complexity index is 893. The first-order chi connectivity index (χ1) is 14.0. The van der Waals surface area contributed by atoms with Gasteiger partial charge in [-0.05, 0) is 92.1 Å². The largest absolute Gasteiger partial charge is 0.466 e. The Morgan fingerprint density at radius 2 is 1.93 bits per heavy atom. The van der Waals surface area contributed by atoms with Gasteiger partial charge in [0.05, 0.1) is 19.4 Å². The number of aryl methyl sites for hydroxylation is 2. The number of fused-ring (bicyclic) bond motifs is 2. The van der Waals surface area contributed by atoms with Crippen molar-refractivity contribution in [2.24, 2.45) is 0 Å². The highest BCUT2D eigenvalue weighted by molar-refractivity contribution is 7.80. The normalized spacial score (nSPS) is 16.6. The van der Waals surface area contributed by atoms with Crippen molar-refractivity contribution in [3.63, 3.8) is 0 Å². The number of hydrogen-bond acceptors (Lipinski definition) is 5. The fraction of sp³-hybridized carbons (Fsp3) is 0.455. The summed E-state index contributed by atoms with van der Waals surface area (Å²) in [6.07, 6.45) is 8.05. The van der Waals surface area contributed by atoms with E-state index in [4.69, 9.17) is 21.4 Å². The zero-order valence-electron chi connectivity index (χ0n) is 16.5. The molecule has 6 nitrogen and oxygen atoms in total. The van der Waals surface area contributed by atoms with Crippen LogP contribution in [0.4, 0.5) is 5.69 Å². The second-order valence-electron chi connectivity index (χ2n) is 7.60. The van der Waals surface area contributed by atoms with E-state index >= 15 is 0 Å². The van der Waals surface area contributed by atoms with Crippen LogP contribution in [-0.4, -0.2) is 29.3 Å². The summed E-state index contributed by atoms with van der Waals surface area (Å²) >= 11 is 5.51. The average molecular weight is 415 g/mol. The van der Waals surface area contributed by atoms with Gasteiger partial charge in [-0.15, -0.1) is 0 Å². The molecular weight excluding hydrogens is 388 g/mol. The number of hydrogen-bond donors (Lipinski definition) is 3. The van der Waals surface area contributed by atoms with Crippen LogP contribution in [-0.2, 0) is 40.8 Å². The number of rotatable bonds is 6. The predicted octanol–water partition coefficient (Wildman–Crippen LogP) is 2.99. The molecule has 1 unspecified atom stereocenters. The van der Waals surface area contributed by atoms with E-state index < -0.39 is 11.6 Å². The number of anilines is 1. The maximum atomic E-state index is 12.4. The lowest BCUT2D eigenvalue weighted by molar-refractivity contribution is -0.167. The predicted molar refractivity (Wildman–Crippen MR) is 114 cm³/mol. The second kappa shape index (κ2) is 8.16. The molecule has 29 heavy (non-hydrogen) atoms. The highest BCUT2D eigenvalue weighted by Crippen LogP contribution is 2.38. The number of benzene rings is 1. The van der Waals surface area contributed by atoms with Gasteiger partial charge >= 0.3 is 5.97 Å². The molecule has 0 spiro atoms. The number of nitrogens with one attached hydrogen (secondary N) is 2. The van der Waals surface area contributed by atoms with Gasteiger partial charge in [0.25, 0.3) is 0 Å². The smallest absolute Gasteiger partial charge is 0.348 e. The van der Waals surface area contributed by atoms with Gasteiger partial charge in [0.2, 0.25) is 5.60 Å². The Morgan fingerprint density at radius 3 is 2.52 bits per heavy atom. The van der Waals surface area contributed by atoms with E-state index in [-0.39, 0.29) is 18.9 Å². The van der Waals surface area contributed by atoms with Gasteiger partial charge < -0.3 is 24.9 Å². The summed E-state index contributed by atoms with van der Waals surface area (Å²) in [6, 6.07) is 5.53. The van der Waals surface area contributed by atoms with Crippen LogP contribution in [0.5, 0.6) is 0 Å². The first-order valence-electron chi connectivity index (χ1n) is 10.2. The first kappa shape index (κ1) is 19.9. The summed E-state index contributed by atoms with van der Waals surface area (Å²) in [4.78, 5) is 12.4. The minimum atomic E-state index is -1.95. The lowest BCUT2D eigenvalue weighted by atomic mass is 9.99. The fourth-order valence-corrected chi connectivity index (χ4v) is 4.53. The van der Waals surface area contributed by atoms with Gasteiger partial charge in [-0.2, -0.15) is 0 Å². The van der Waals surface area contributed by atoms with Crippen LogP contribution >= 0.6 is 12.2 Å². The van der Waals surface area contributed by atoms with Gasteiger partial charge in [-0.1, -0.05) is 6.07 Å². The molecule has 0 amide bonds. The van der Waals surface area contributed by atoms with Crippen molar-refractivity contribution in [1.29, 1.82) is 0 Å². The van der Waals surface area contributed by atoms with Crippen molar-refractivity contribution in [1.82, 2.24) is 5.32 Å². The molecule has 0 bridgehead atoms. The first-order valence-corrected chi connectivity index (χ1v) is 10.6. The molecule has 1 atom stereocenters. The van der Waals surface area contributed by atoms with Crippen molar-refractivity contribution in [2.45, 2.75) is 51.0 Å². The molecule has 2 aromatic rings. The molecule has 1 aromatic heterocycles. The Morgan fingerprint density at radius 1 is 1.24 bits per heavy atom. The molecule has 154 valence electrons. The van der Waals surface area contributed by atoms with E-state index in [2.05, 4.69) is 16.7 Å². The molecular formula is C22H26N2O4S. The molecule has 0 saturated heterocycles. The maximum Gasteiger partial charge on any atom is 0.348 e. The van der Waals surface area contributed by atoms with Crippen LogP contribution in [0.1, 0.15) is 47.8 Å². The SMILES string of the molecule is CCOC(=O)C(O)(CNC(=S)Nc1c2c(cc3c1CCC3)CCC2)c1ccco1. The van der Waals surface area contributed by atoms with Crippen LogP contribution in [0.15, 0.2) is 28.9 Å². The third-order valence-corrected chi connectivity index (χ3v) is 6.00. The van der Waals surface area contributed by atoms with E-state index in [1.807, 2.05) is 0 Å². The minimum Gasteiger partial charge on any atom is -0.466 e.